The van der Waals surface area contributed by atoms with E-state index in [2.05, 4.69) is 17.1 Å². The first-order chi connectivity index (χ1) is 8.69. The molecule has 1 aromatic heterocycles. The lowest BCUT2D eigenvalue weighted by molar-refractivity contribution is 0.0485. The maximum absolute atomic E-state index is 11.5. The minimum atomic E-state index is -0.391. The normalized spacial score (nSPS) is 20.9. The number of piperazine rings is 1. The van der Waals surface area contributed by atoms with E-state index < -0.39 is 5.97 Å². The predicted molar refractivity (Wildman–Crippen MR) is 67.4 cm³/mol. The molecular weight excluding hydrogens is 232 g/mol. The molecule has 1 fully saturated rings. The number of carbonyl (C=O) groups excluding carboxylic acids is 1. The van der Waals surface area contributed by atoms with Crippen LogP contribution in [0.4, 0.5) is 0 Å². The third kappa shape index (κ3) is 3.34. The van der Waals surface area contributed by atoms with Crippen molar-refractivity contribution in [3.63, 3.8) is 0 Å². The van der Waals surface area contributed by atoms with E-state index >= 15 is 0 Å². The van der Waals surface area contributed by atoms with Crippen LogP contribution in [0.2, 0.25) is 0 Å². The molecule has 0 aliphatic carbocycles. The van der Waals surface area contributed by atoms with E-state index in [4.69, 9.17) is 9.15 Å². The van der Waals surface area contributed by atoms with Gasteiger partial charge < -0.3 is 14.5 Å². The minimum Gasteiger partial charge on any atom is -0.460 e. The second-order valence-electron chi connectivity index (χ2n) is 4.58. The quantitative estimate of drug-likeness (QED) is 0.817. The molecule has 1 N–H and O–H groups in total. The minimum absolute atomic E-state index is 0.287. The topological polar surface area (TPSA) is 54.7 Å². The first-order valence-corrected chi connectivity index (χ1v) is 6.40. The van der Waals surface area contributed by atoms with Gasteiger partial charge in [0.05, 0.1) is 13.2 Å². The Kier molecular flexibility index (Phi) is 4.38. The van der Waals surface area contributed by atoms with Crippen molar-refractivity contribution >= 4 is 5.97 Å². The Hall–Kier alpha value is -1.33. The van der Waals surface area contributed by atoms with E-state index in [1.807, 2.05) is 6.07 Å². The molecule has 2 heterocycles. The number of nitrogens with zero attached hydrogens (tertiary/aromatic N) is 1. The van der Waals surface area contributed by atoms with Crippen LogP contribution in [-0.2, 0) is 11.3 Å². The van der Waals surface area contributed by atoms with Crippen LogP contribution < -0.4 is 5.32 Å². The molecule has 1 aliphatic rings. The zero-order chi connectivity index (χ0) is 13.0. The Morgan fingerprint density at radius 3 is 3.17 bits per heavy atom. The lowest BCUT2D eigenvalue weighted by atomic mass is 10.2. The van der Waals surface area contributed by atoms with Crippen LogP contribution in [-0.4, -0.2) is 43.2 Å². The molecule has 1 atom stereocenters. The van der Waals surface area contributed by atoms with Gasteiger partial charge in [-0.3, -0.25) is 4.90 Å². The van der Waals surface area contributed by atoms with E-state index in [1.54, 1.807) is 13.0 Å². The highest BCUT2D eigenvalue weighted by atomic mass is 16.5. The fourth-order valence-electron chi connectivity index (χ4n) is 2.15. The zero-order valence-electron chi connectivity index (χ0n) is 10.9. The summed E-state index contributed by atoms with van der Waals surface area (Å²) in [5.41, 5.74) is 0. The van der Waals surface area contributed by atoms with Crippen LogP contribution in [0, 0.1) is 0 Å². The van der Waals surface area contributed by atoms with Crippen LogP contribution in [0.3, 0.4) is 0 Å². The largest absolute Gasteiger partial charge is 0.460 e. The summed E-state index contributed by atoms with van der Waals surface area (Å²) in [5, 5.41) is 3.39. The van der Waals surface area contributed by atoms with E-state index in [0.717, 1.165) is 31.9 Å². The van der Waals surface area contributed by atoms with Crippen molar-refractivity contribution < 1.29 is 13.9 Å². The van der Waals surface area contributed by atoms with Gasteiger partial charge in [0.25, 0.3) is 0 Å². The molecular formula is C13H20N2O3. The highest BCUT2D eigenvalue weighted by Gasteiger charge is 2.18. The van der Waals surface area contributed by atoms with Crippen LogP contribution in [0.25, 0.3) is 0 Å². The second-order valence-corrected chi connectivity index (χ2v) is 4.58. The highest BCUT2D eigenvalue weighted by Crippen LogP contribution is 2.13. The monoisotopic (exact) mass is 252 g/mol. The van der Waals surface area contributed by atoms with Gasteiger partial charge in [0.2, 0.25) is 5.76 Å². The van der Waals surface area contributed by atoms with Crippen molar-refractivity contribution in [2.24, 2.45) is 0 Å². The number of esters is 1. The van der Waals surface area contributed by atoms with Gasteiger partial charge in [-0.25, -0.2) is 4.79 Å². The third-order valence-electron chi connectivity index (χ3n) is 2.97. The zero-order valence-corrected chi connectivity index (χ0v) is 10.9. The summed E-state index contributed by atoms with van der Waals surface area (Å²) < 4.78 is 10.4. The molecule has 2 rings (SSSR count). The van der Waals surface area contributed by atoms with Crippen molar-refractivity contribution in [2.75, 3.05) is 26.2 Å². The number of ether oxygens (including phenoxy) is 1. The Balaban J connectivity index is 1.91. The van der Waals surface area contributed by atoms with Gasteiger partial charge >= 0.3 is 5.97 Å². The Morgan fingerprint density at radius 2 is 2.44 bits per heavy atom. The van der Waals surface area contributed by atoms with Gasteiger partial charge in [-0.1, -0.05) is 0 Å². The standard InChI is InChI=1S/C13H20N2O3/c1-3-17-13(16)12-5-4-11(18-12)9-15-7-6-14-10(2)8-15/h4-5,10,14H,3,6-9H2,1-2H3/t10-/m0/s1. The van der Waals surface area contributed by atoms with E-state index in [1.165, 1.54) is 0 Å². The SMILES string of the molecule is CCOC(=O)c1ccc(CN2CCN[C@@H](C)C2)o1. The van der Waals surface area contributed by atoms with Crippen LogP contribution in [0.1, 0.15) is 30.2 Å². The molecule has 0 saturated carbocycles. The number of hydrogen-bond donors (Lipinski definition) is 1. The fourth-order valence-corrected chi connectivity index (χ4v) is 2.15. The first-order valence-electron chi connectivity index (χ1n) is 6.40. The third-order valence-corrected chi connectivity index (χ3v) is 2.97. The fraction of sp³-hybridized carbons (Fsp3) is 0.615. The molecule has 1 saturated heterocycles. The summed E-state index contributed by atoms with van der Waals surface area (Å²) in [6.07, 6.45) is 0. The average molecular weight is 252 g/mol. The van der Waals surface area contributed by atoms with Crippen molar-refractivity contribution in [1.29, 1.82) is 0 Å². The molecule has 5 heteroatoms. The van der Waals surface area contributed by atoms with Gasteiger partial charge in [0, 0.05) is 25.7 Å². The Morgan fingerprint density at radius 1 is 1.61 bits per heavy atom. The molecule has 0 aromatic carbocycles. The van der Waals surface area contributed by atoms with Gasteiger partial charge in [-0.05, 0) is 26.0 Å². The summed E-state index contributed by atoms with van der Waals surface area (Å²) in [4.78, 5) is 13.8. The van der Waals surface area contributed by atoms with Crippen molar-refractivity contribution in [1.82, 2.24) is 10.2 Å². The molecule has 0 amide bonds. The van der Waals surface area contributed by atoms with Crippen LogP contribution >= 0.6 is 0 Å². The van der Waals surface area contributed by atoms with E-state index in [9.17, 15) is 4.79 Å². The number of rotatable bonds is 4. The van der Waals surface area contributed by atoms with Gasteiger partial charge in [-0.15, -0.1) is 0 Å². The van der Waals surface area contributed by atoms with Gasteiger partial charge in [0.15, 0.2) is 0 Å². The molecule has 0 bridgehead atoms. The van der Waals surface area contributed by atoms with Crippen molar-refractivity contribution in [3.05, 3.63) is 23.7 Å². The summed E-state index contributed by atoms with van der Waals surface area (Å²) in [5.74, 6) is 0.708. The van der Waals surface area contributed by atoms with Crippen molar-refractivity contribution in [3.8, 4) is 0 Å². The first kappa shape index (κ1) is 13.1. The molecule has 1 aromatic rings. The average Bonchev–Trinajstić information content (AvgIpc) is 2.78. The smallest absolute Gasteiger partial charge is 0.374 e. The number of furan rings is 1. The second kappa shape index (κ2) is 6.02. The maximum atomic E-state index is 11.5. The van der Waals surface area contributed by atoms with Crippen molar-refractivity contribution in [2.45, 2.75) is 26.4 Å². The van der Waals surface area contributed by atoms with Gasteiger partial charge in [0.1, 0.15) is 5.76 Å². The summed E-state index contributed by atoms with van der Waals surface area (Å²) in [6.45, 7) is 8.04. The molecule has 0 spiro atoms. The number of carbonyl (C=O) groups is 1. The molecule has 100 valence electrons. The van der Waals surface area contributed by atoms with Gasteiger partial charge in [-0.2, -0.15) is 0 Å². The number of nitrogens with one attached hydrogen (secondary N) is 1. The predicted octanol–water partition coefficient (Wildman–Crippen LogP) is 1.25. The lowest BCUT2D eigenvalue weighted by Crippen LogP contribution is -2.48. The Bertz CT molecular complexity index is 403. The van der Waals surface area contributed by atoms with E-state index in [0.29, 0.717) is 12.6 Å². The molecule has 0 unspecified atom stereocenters. The summed E-state index contributed by atoms with van der Waals surface area (Å²) >= 11 is 0. The van der Waals surface area contributed by atoms with E-state index in [-0.39, 0.29) is 5.76 Å². The molecule has 18 heavy (non-hydrogen) atoms. The highest BCUT2D eigenvalue weighted by molar-refractivity contribution is 5.86. The summed E-state index contributed by atoms with van der Waals surface area (Å²) in [7, 11) is 0. The van der Waals surface area contributed by atoms with Crippen LogP contribution in [0.5, 0.6) is 0 Å². The maximum Gasteiger partial charge on any atom is 0.374 e. The number of hydrogen-bond acceptors (Lipinski definition) is 5. The lowest BCUT2D eigenvalue weighted by Gasteiger charge is -2.31. The molecule has 0 radical (unpaired) electrons. The molecule has 5 nitrogen and oxygen atoms in total. The molecule has 1 aliphatic heterocycles. The Labute approximate surface area is 107 Å². The van der Waals surface area contributed by atoms with Crippen LogP contribution in [0.15, 0.2) is 16.5 Å². The summed E-state index contributed by atoms with van der Waals surface area (Å²) in [6, 6.07) is 4.02.